The van der Waals surface area contributed by atoms with Crippen molar-refractivity contribution in [2.75, 3.05) is 19.7 Å². The topological polar surface area (TPSA) is 75.7 Å². The summed E-state index contributed by atoms with van der Waals surface area (Å²) in [6.07, 6.45) is 0.884. The first-order valence-corrected chi connectivity index (χ1v) is 11.5. The number of rotatable bonds is 7. The summed E-state index contributed by atoms with van der Waals surface area (Å²) in [5.74, 6) is -0.0250. The largest absolute Gasteiger partial charge is 0.491 e. The van der Waals surface area contributed by atoms with Crippen LogP contribution in [0.3, 0.4) is 0 Å². The number of halogens is 1. The van der Waals surface area contributed by atoms with E-state index in [9.17, 15) is 17.6 Å². The Morgan fingerprint density at radius 1 is 1.17 bits per heavy atom. The highest BCUT2D eigenvalue weighted by Crippen LogP contribution is 2.24. The van der Waals surface area contributed by atoms with Crippen LogP contribution in [0.4, 0.5) is 4.39 Å². The van der Waals surface area contributed by atoms with Gasteiger partial charge in [0.15, 0.2) is 0 Å². The smallest absolute Gasteiger partial charge is 0.243 e. The van der Waals surface area contributed by atoms with E-state index in [1.807, 2.05) is 38.1 Å². The number of carbonyl (C=O) groups excluding carboxylic acids is 1. The number of benzene rings is 2. The van der Waals surface area contributed by atoms with Gasteiger partial charge in [-0.15, -0.1) is 0 Å². The van der Waals surface area contributed by atoms with Gasteiger partial charge in [0.1, 0.15) is 18.2 Å². The monoisotopic (exact) mass is 434 g/mol. The molecule has 0 unspecified atom stereocenters. The molecule has 2 aromatic carbocycles. The normalized spacial score (nSPS) is 16.8. The van der Waals surface area contributed by atoms with E-state index in [-0.39, 0.29) is 35.9 Å². The fourth-order valence-electron chi connectivity index (χ4n) is 3.45. The maximum Gasteiger partial charge on any atom is 0.243 e. The van der Waals surface area contributed by atoms with E-state index in [2.05, 4.69) is 5.32 Å². The van der Waals surface area contributed by atoms with E-state index in [0.29, 0.717) is 19.4 Å². The Kier molecular flexibility index (Phi) is 7.10. The zero-order valence-corrected chi connectivity index (χ0v) is 18.0. The predicted molar refractivity (Wildman–Crippen MR) is 112 cm³/mol. The molecule has 0 radical (unpaired) electrons. The number of hydrogen-bond acceptors (Lipinski definition) is 4. The highest BCUT2D eigenvalue weighted by molar-refractivity contribution is 7.89. The third-order valence-electron chi connectivity index (χ3n) is 5.25. The summed E-state index contributed by atoms with van der Waals surface area (Å²) in [4.78, 5) is 12.6. The van der Waals surface area contributed by atoms with Gasteiger partial charge in [0, 0.05) is 19.0 Å². The molecule has 1 N–H and O–H groups in total. The van der Waals surface area contributed by atoms with Gasteiger partial charge in [-0.25, -0.2) is 12.8 Å². The van der Waals surface area contributed by atoms with Gasteiger partial charge in [0.25, 0.3) is 0 Å². The molecule has 0 aromatic heterocycles. The van der Waals surface area contributed by atoms with Crippen LogP contribution in [0.25, 0.3) is 0 Å². The lowest BCUT2D eigenvalue weighted by Crippen LogP contribution is -2.45. The van der Waals surface area contributed by atoms with Crippen LogP contribution in [-0.4, -0.2) is 44.4 Å². The molecule has 1 aliphatic heterocycles. The Balaban J connectivity index is 1.49. The number of nitrogens with one attached hydrogen (secondary N) is 1. The van der Waals surface area contributed by atoms with Crippen LogP contribution in [0.2, 0.25) is 0 Å². The number of sulfonamides is 1. The second kappa shape index (κ2) is 9.57. The predicted octanol–water partition coefficient (Wildman–Crippen LogP) is 3.12. The molecule has 6 nitrogen and oxygen atoms in total. The van der Waals surface area contributed by atoms with Gasteiger partial charge in [-0.1, -0.05) is 18.2 Å². The molecule has 1 fully saturated rings. The van der Waals surface area contributed by atoms with Crippen LogP contribution in [0.1, 0.15) is 25.3 Å². The van der Waals surface area contributed by atoms with Crippen molar-refractivity contribution in [2.24, 2.45) is 5.92 Å². The van der Waals surface area contributed by atoms with Gasteiger partial charge >= 0.3 is 0 Å². The van der Waals surface area contributed by atoms with Gasteiger partial charge in [-0.2, -0.15) is 4.31 Å². The Labute approximate surface area is 177 Å². The van der Waals surface area contributed by atoms with Crippen molar-refractivity contribution in [3.63, 3.8) is 0 Å². The van der Waals surface area contributed by atoms with Crippen molar-refractivity contribution < 1.29 is 22.3 Å². The molecule has 0 spiro atoms. The minimum absolute atomic E-state index is 0.0637. The van der Waals surface area contributed by atoms with Gasteiger partial charge in [-0.05, 0) is 62.6 Å². The first-order valence-electron chi connectivity index (χ1n) is 10.0. The van der Waals surface area contributed by atoms with E-state index in [1.165, 1.54) is 16.4 Å². The van der Waals surface area contributed by atoms with Crippen molar-refractivity contribution in [3.8, 4) is 5.75 Å². The van der Waals surface area contributed by atoms with Gasteiger partial charge in [0.05, 0.1) is 10.9 Å². The van der Waals surface area contributed by atoms with E-state index in [0.717, 1.165) is 23.4 Å². The molecule has 1 heterocycles. The fraction of sp³-hybridized carbons (Fsp3) is 0.409. The molecule has 8 heteroatoms. The lowest BCUT2D eigenvalue weighted by atomic mass is 9.97. The van der Waals surface area contributed by atoms with Crippen LogP contribution in [-0.2, 0) is 14.8 Å². The quantitative estimate of drug-likeness (QED) is 0.727. The van der Waals surface area contributed by atoms with E-state index < -0.39 is 15.8 Å². The highest BCUT2D eigenvalue weighted by atomic mass is 32.2. The Hall–Kier alpha value is -2.45. The molecule has 0 aliphatic carbocycles. The summed E-state index contributed by atoms with van der Waals surface area (Å²) in [5, 5.41) is 2.96. The van der Waals surface area contributed by atoms with E-state index in [4.69, 9.17) is 4.74 Å². The number of carbonyl (C=O) groups is 1. The summed E-state index contributed by atoms with van der Waals surface area (Å²) in [6, 6.07) is 12.3. The second-order valence-electron chi connectivity index (χ2n) is 7.62. The Morgan fingerprint density at radius 2 is 1.80 bits per heavy atom. The lowest BCUT2D eigenvalue weighted by Gasteiger charge is -2.31. The number of piperidine rings is 1. The number of hydrogen-bond donors (Lipinski definition) is 1. The fourth-order valence-corrected chi connectivity index (χ4v) is 4.92. The van der Waals surface area contributed by atoms with Crippen molar-refractivity contribution in [1.82, 2.24) is 9.62 Å². The maximum absolute atomic E-state index is 13.1. The molecule has 1 amide bonds. The summed E-state index contributed by atoms with van der Waals surface area (Å²) in [7, 11) is -3.68. The highest BCUT2D eigenvalue weighted by Gasteiger charge is 2.32. The minimum Gasteiger partial charge on any atom is -0.491 e. The molecule has 0 bridgehead atoms. The second-order valence-corrected chi connectivity index (χ2v) is 9.56. The Morgan fingerprint density at radius 3 is 2.43 bits per heavy atom. The van der Waals surface area contributed by atoms with Crippen LogP contribution in [0.15, 0.2) is 53.4 Å². The SMILES string of the molecule is Cc1ccccc1OC[C@H](C)NC(=O)C1CCN(S(=O)(=O)c2ccc(F)cc2)CC1. The summed E-state index contributed by atoms with van der Waals surface area (Å²) < 4.78 is 45.6. The summed E-state index contributed by atoms with van der Waals surface area (Å²) in [6.45, 7) is 4.71. The third-order valence-corrected chi connectivity index (χ3v) is 7.16. The average Bonchev–Trinajstić information content (AvgIpc) is 2.73. The van der Waals surface area contributed by atoms with Crippen LogP contribution in [0.5, 0.6) is 5.75 Å². The third kappa shape index (κ3) is 5.37. The number of amides is 1. The van der Waals surface area contributed by atoms with Gasteiger partial charge < -0.3 is 10.1 Å². The zero-order valence-electron chi connectivity index (χ0n) is 17.2. The van der Waals surface area contributed by atoms with Gasteiger partial charge in [-0.3, -0.25) is 4.79 Å². The lowest BCUT2D eigenvalue weighted by molar-refractivity contribution is -0.126. The molecule has 0 saturated carbocycles. The first-order chi connectivity index (χ1) is 14.3. The van der Waals surface area contributed by atoms with Crippen molar-refractivity contribution in [1.29, 1.82) is 0 Å². The van der Waals surface area contributed by atoms with E-state index in [1.54, 1.807) is 0 Å². The molecule has 162 valence electrons. The van der Waals surface area contributed by atoms with Crippen molar-refractivity contribution in [3.05, 3.63) is 59.9 Å². The molecular formula is C22H27FN2O4S. The van der Waals surface area contributed by atoms with Crippen LogP contribution in [0, 0.1) is 18.7 Å². The standard InChI is InChI=1S/C22H27FN2O4S/c1-16-5-3-4-6-21(16)29-15-17(2)24-22(26)18-11-13-25(14-12-18)30(27,28)20-9-7-19(23)8-10-20/h3-10,17-18H,11-15H2,1-2H3,(H,24,26)/t17-/m0/s1. The molecule has 2 aromatic rings. The summed E-state index contributed by atoms with van der Waals surface area (Å²) in [5.41, 5.74) is 1.03. The zero-order chi connectivity index (χ0) is 21.7. The van der Waals surface area contributed by atoms with Crippen LogP contribution < -0.4 is 10.1 Å². The first kappa shape index (κ1) is 22.2. The van der Waals surface area contributed by atoms with Crippen molar-refractivity contribution >= 4 is 15.9 Å². The molecule has 1 aliphatic rings. The molecule has 1 atom stereocenters. The average molecular weight is 435 g/mol. The molecule has 1 saturated heterocycles. The van der Waals surface area contributed by atoms with E-state index >= 15 is 0 Å². The number of aryl methyl sites for hydroxylation is 1. The number of para-hydroxylation sites is 1. The van der Waals surface area contributed by atoms with Gasteiger partial charge in [0.2, 0.25) is 15.9 Å². The van der Waals surface area contributed by atoms with Crippen molar-refractivity contribution in [2.45, 2.75) is 37.6 Å². The maximum atomic E-state index is 13.1. The molecular weight excluding hydrogens is 407 g/mol. The summed E-state index contributed by atoms with van der Waals surface area (Å²) >= 11 is 0. The number of ether oxygens (including phenoxy) is 1. The number of nitrogens with zero attached hydrogens (tertiary/aromatic N) is 1. The van der Waals surface area contributed by atoms with Crippen LogP contribution >= 0.6 is 0 Å². The molecule has 30 heavy (non-hydrogen) atoms. The Bertz CT molecular complexity index is 971. The minimum atomic E-state index is -3.68. The molecule has 3 rings (SSSR count).